The van der Waals surface area contributed by atoms with Gasteiger partial charge < -0.3 is 9.97 Å². The number of benzene rings is 2. The number of nitrogens with zero attached hydrogens (tertiary/aromatic N) is 1. The average Bonchev–Trinajstić information content (AvgIpc) is 3.57. The number of amides is 1. The molecule has 0 radical (unpaired) electrons. The van der Waals surface area contributed by atoms with Gasteiger partial charge in [0.25, 0.3) is 5.91 Å². The number of aromatic nitrogens is 2. The maximum Gasteiger partial charge on any atom is 0.267 e. The summed E-state index contributed by atoms with van der Waals surface area (Å²) in [6, 6.07) is 11.5. The van der Waals surface area contributed by atoms with Crippen molar-refractivity contribution in [3.05, 3.63) is 99.8 Å². The van der Waals surface area contributed by atoms with Crippen LogP contribution in [-0.2, 0) is 24.2 Å². The fourth-order valence-corrected chi connectivity index (χ4v) is 5.30. The number of hydroxylamine groups is 1. The fraction of sp³-hybridized carbons (Fsp3) is 0.276. The second kappa shape index (κ2) is 10.1. The van der Waals surface area contributed by atoms with E-state index in [1.54, 1.807) is 17.6 Å². The number of carbonyl (C=O) groups excluding carboxylic acids is 1. The van der Waals surface area contributed by atoms with Gasteiger partial charge in [0.1, 0.15) is 5.82 Å². The van der Waals surface area contributed by atoms with Gasteiger partial charge in [-0.3, -0.25) is 14.9 Å². The molecule has 4 aromatic rings. The quantitative estimate of drug-likeness (QED) is 0.151. The van der Waals surface area contributed by atoms with Gasteiger partial charge in [0, 0.05) is 54.2 Å². The van der Waals surface area contributed by atoms with Crippen LogP contribution in [0.3, 0.4) is 0 Å². The van der Waals surface area contributed by atoms with Crippen LogP contribution in [0.1, 0.15) is 51.5 Å². The number of rotatable bonds is 8. The maximum atomic E-state index is 13.7. The highest BCUT2D eigenvalue weighted by Crippen LogP contribution is 2.38. The molecule has 0 saturated carbocycles. The lowest BCUT2D eigenvalue weighted by Gasteiger charge is -2.30. The number of aryl methyl sites for hydroxylation is 2. The molecule has 2 aromatic carbocycles. The summed E-state index contributed by atoms with van der Waals surface area (Å²) in [5.41, 5.74) is 11.0. The van der Waals surface area contributed by atoms with E-state index in [0.717, 1.165) is 48.8 Å². The van der Waals surface area contributed by atoms with Gasteiger partial charge in [-0.2, -0.15) is 0 Å². The summed E-state index contributed by atoms with van der Waals surface area (Å²) in [6.07, 6.45) is 9.95. The lowest BCUT2D eigenvalue weighted by atomic mass is 10.0. The van der Waals surface area contributed by atoms with Gasteiger partial charge in [-0.15, -0.1) is 0 Å². The van der Waals surface area contributed by atoms with Crippen LogP contribution in [0.25, 0.3) is 17.0 Å². The van der Waals surface area contributed by atoms with E-state index in [4.69, 9.17) is 5.21 Å². The van der Waals surface area contributed by atoms with E-state index in [2.05, 4.69) is 47.0 Å². The molecule has 0 aliphatic heterocycles. The summed E-state index contributed by atoms with van der Waals surface area (Å²) >= 11 is 0. The third-order valence-corrected chi connectivity index (χ3v) is 7.46. The zero-order chi connectivity index (χ0) is 25.2. The van der Waals surface area contributed by atoms with Gasteiger partial charge in [-0.25, -0.2) is 9.87 Å². The van der Waals surface area contributed by atoms with Gasteiger partial charge in [-0.05, 0) is 90.8 Å². The molecule has 0 bridgehead atoms. The molecule has 1 aliphatic rings. The third kappa shape index (κ3) is 4.85. The van der Waals surface area contributed by atoms with Gasteiger partial charge in [-0.1, -0.05) is 18.2 Å². The van der Waals surface area contributed by atoms with Crippen LogP contribution in [0, 0.1) is 19.7 Å². The number of halogens is 1. The molecule has 7 heteroatoms. The Kier molecular flexibility index (Phi) is 6.76. The molecule has 2 aromatic heterocycles. The smallest absolute Gasteiger partial charge is 0.267 e. The van der Waals surface area contributed by atoms with Crippen molar-refractivity contribution in [2.75, 3.05) is 6.54 Å². The monoisotopic (exact) mass is 486 g/mol. The van der Waals surface area contributed by atoms with E-state index in [9.17, 15) is 9.18 Å². The summed E-state index contributed by atoms with van der Waals surface area (Å²) in [4.78, 5) is 20.6. The Bertz CT molecular complexity index is 1430. The lowest BCUT2D eigenvalue weighted by Crippen LogP contribution is -2.29. The molecule has 5 rings (SSSR count). The van der Waals surface area contributed by atoms with Crippen LogP contribution in [0.2, 0.25) is 0 Å². The normalized spacial score (nSPS) is 15.3. The molecular formula is C29H31FN4O2. The summed E-state index contributed by atoms with van der Waals surface area (Å²) in [6.45, 7) is 5.97. The first-order chi connectivity index (χ1) is 17.4. The predicted octanol–water partition coefficient (Wildman–Crippen LogP) is 5.50. The highest BCUT2D eigenvalue weighted by molar-refractivity contribution is 5.90. The first-order valence-corrected chi connectivity index (χ1v) is 12.3. The van der Waals surface area contributed by atoms with Gasteiger partial charge >= 0.3 is 0 Å². The van der Waals surface area contributed by atoms with Crippen LogP contribution >= 0.6 is 0 Å². The van der Waals surface area contributed by atoms with E-state index in [1.807, 2.05) is 18.3 Å². The molecule has 1 aliphatic carbocycles. The summed E-state index contributed by atoms with van der Waals surface area (Å²) in [5, 5.41) is 9.79. The lowest BCUT2D eigenvalue weighted by molar-refractivity contribution is -0.124. The molecule has 1 amide bonds. The van der Waals surface area contributed by atoms with Crippen molar-refractivity contribution in [1.29, 1.82) is 0 Å². The molecule has 0 fully saturated rings. The van der Waals surface area contributed by atoms with Gasteiger partial charge in [0.05, 0.1) is 0 Å². The Morgan fingerprint density at radius 3 is 2.83 bits per heavy atom. The number of nitrogens with one attached hydrogen (secondary N) is 3. The molecule has 1 atom stereocenters. The second-order valence-electron chi connectivity index (χ2n) is 9.62. The van der Waals surface area contributed by atoms with Crippen molar-refractivity contribution in [1.82, 2.24) is 20.3 Å². The van der Waals surface area contributed by atoms with Crippen molar-refractivity contribution in [2.24, 2.45) is 0 Å². The SMILES string of the molecule is Cc1c[nH]c(CN(CCc2c[nH]c3cc(F)ccc23)C2CCc3cc(/C=C/C(=O)NO)ccc32)c1C. The van der Waals surface area contributed by atoms with E-state index < -0.39 is 5.91 Å². The number of H-pyrrole nitrogens is 2. The number of aromatic amines is 2. The van der Waals surface area contributed by atoms with Crippen LogP contribution in [0.5, 0.6) is 0 Å². The van der Waals surface area contributed by atoms with Crippen molar-refractivity contribution >= 4 is 22.9 Å². The Hall–Kier alpha value is -3.68. The number of carbonyl (C=O) groups is 1. The Balaban J connectivity index is 1.41. The zero-order valence-corrected chi connectivity index (χ0v) is 20.6. The zero-order valence-electron chi connectivity index (χ0n) is 20.6. The van der Waals surface area contributed by atoms with E-state index in [0.29, 0.717) is 0 Å². The van der Waals surface area contributed by atoms with E-state index >= 15 is 0 Å². The molecule has 2 heterocycles. The molecule has 186 valence electrons. The summed E-state index contributed by atoms with van der Waals surface area (Å²) < 4.78 is 13.7. The summed E-state index contributed by atoms with van der Waals surface area (Å²) in [5.74, 6) is -0.778. The predicted molar refractivity (Wildman–Crippen MR) is 139 cm³/mol. The third-order valence-electron chi connectivity index (χ3n) is 7.46. The molecule has 6 nitrogen and oxygen atoms in total. The largest absolute Gasteiger partial charge is 0.363 e. The van der Waals surface area contributed by atoms with Crippen LogP contribution < -0.4 is 5.48 Å². The highest BCUT2D eigenvalue weighted by atomic mass is 19.1. The van der Waals surface area contributed by atoms with Crippen molar-refractivity contribution < 1.29 is 14.4 Å². The standard InChI is InChI=1S/C29H31FN4O2/c1-18-15-31-27(19(18)2)17-34(12-11-22-16-32-26-14-23(30)6-8-24(22)26)28-9-5-21-13-20(3-7-25(21)28)4-10-29(35)33-36/h3-4,6-8,10,13-16,28,31-32,36H,5,9,11-12,17H2,1-2H3,(H,33,35)/b10-4+. The minimum Gasteiger partial charge on any atom is -0.363 e. The minimum atomic E-state index is -0.545. The molecule has 0 saturated heterocycles. The highest BCUT2D eigenvalue weighted by Gasteiger charge is 2.29. The van der Waals surface area contributed by atoms with E-state index in [-0.39, 0.29) is 11.9 Å². The first-order valence-electron chi connectivity index (χ1n) is 12.3. The maximum absolute atomic E-state index is 13.7. The molecule has 4 N–H and O–H groups in total. The number of hydrogen-bond acceptors (Lipinski definition) is 3. The van der Waals surface area contributed by atoms with Crippen LogP contribution in [0.4, 0.5) is 4.39 Å². The Morgan fingerprint density at radius 2 is 2.06 bits per heavy atom. The van der Waals surface area contributed by atoms with E-state index in [1.165, 1.54) is 45.7 Å². The average molecular weight is 487 g/mol. The summed E-state index contributed by atoms with van der Waals surface area (Å²) in [7, 11) is 0. The second-order valence-corrected chi connectivity index (χ2v) is 9.62. The topological polar surface area (TPSA) is 84.2 Å². The van der Waals surface area contributed by atoms with Crippen molar-refractivity contribution in [3.63, 3.8) is 0 Å². The van der Waals surface area contributed by atoms with Crippen LogP contribution in [0.15, 0.2) is 54.9 Å². The van der Waals surface area contributed by atoms with Crippen molar-refractivity contribution in [2.45, 2.75) is 45.7 Å². The molecule has 36 heavy (non-hydrogen) atoms. The minimum absolute atomic E-state index is 0.233. The number of hydrogen-bond donors (Lipinski definition) is 4. The Labute approximate surface area is 209 Å². The first kappa shape index (κ1) is 24.0. The molecule has 0 spiro atoms. The molecule has 1 unspecified atom stereocenters. The van der Waals surface area contributed by atoms with Gasteiger partial charge in [0.15, 0.2) is 0 Å². The van der Waals surface area contributed by atoms with Crippen LogP contribution in [-0.4, -0.2) is 32.5 Å². The van der Waals surface area contributed by atoms with Crippen molar-refractivity contribution in [3.8, 4) is 0 Å². The molecular weight excluding hydrogens is 455 g/mol. The fourth-order valence-electron chi connectivity index (χ4n) is 5.30. The van der Waals surface area contributed by atoms with Gasteiger partial charge in [0.2, 0.25) is 0 Å². The Morgan fingerprint density at radius 1 is 1.19 bits per heavy atom. The number of fused-ring (bicyclic) bond motifs is 2.